The highest BCUT2D eigenvalue weighted by molar-refractivity contribution is 6.30. The summed E-state index contributed by atoms with van der Waals surface area (Å²) in [5.74, 6) is 0. The topological polar surface area (TPSA) is 32.8 Å². The molecule has 4 nitrogen and oxygen atoms in total. The van der Waals surface area contributed by atoms with Crippen molar-refractivity contribution in [3.05, 3.63) is 217 Å². The predicted molar refractivity (Wildman–Crippen MR) is 292 cm³/mol. The van der Waals surface area contributed by atoms with Crippen LogP contribution in [0.3, 0.4) is 0 Å². The van der Waals surface area contributed by atoms with Crippen LogP contribution < -0.4 is 9.80 Å². The van der Waals surface area contributed by atoms with Crippen molar-refractivity contribution >= 4 is 110 Å². The van der Waals surface area contributed by atoms with Gasteiger partial charge < -0.3 is 18.6 Å². The lowest BCUT2D eigenvalue weighted by Crippen LogP contribution is -2.12. The molecule has 0 spiro atoms. The maximum absolute atomic E-state index is 7.17. The molecule has 4 heterocycles. The van der Waals surface area contributed by atoms with E-state index in [4.69, 9.17) is 8.83 Å². The second-order valence-corrected chi connectivity index (χ2v) is 19.2. The molecule has 2 aromatic heterocycles. The first kappa shape index (κ1) is 37.9. The van der Waals surface area contributed by atoms with Gasteiger partial charge in [-0.15, -0.1) is 0 Å². The first-order chi connectivity index (χ1) is 34.6. The van der Waals surface area contributed by atoms with Crippen LogP contribution in [-0.4, -0.2) is 0 Å². The van der Waals surface area contributed by atoms with Crippen LogP contribution in [0.25, 0.3) is 121 Å². The summed E-state index contributed by atoms with van der Waals surface area (Å²) < 4.78 is 14.3. The number of rotatable bonds is 2. The number of benzene rings is 12. The highest BCUT2D eigenvalue weighted by Crippen LogP contribution is 2.54. The van der Waals surface area contributed by atoms with E-state index in [9.17, 15) is 0 Å². The van der Waals surface area contributed by atoms with Gasteiger partial charge in [-0.25, -0.2) is 0 Å². The molecule has 16 rings (SSSR count). The van der Waals surface area contributed by atoms with E-state index in [1.165, 1.54) is 54.6 Å². The lowest BCUT2D eigenvalue weighted by Gasteiger charge is -2.30. The van der Waals surface area contributed by atoms with Crippen molar-refractivity contribution in [2.75, 3.05) is 9.80 Å². The monoisotopic (exact) mass is 892 g/mol. The van der Waals surface area contributed by atoms with Crippen LogP contribution in [-0.2, 0) is 0 Å². The number of hydrogen-bond acceptors (Lipinski definition) is 4. The van der Waals surface area contributed by atoms with E-state index in [0.717, 1.165) is 111 Å². The molecule has 2 aliphatic heterocycles. The molecule has 0 N–H and O–H groups in total. The Morgan fingerprint density at radius 3 is 1.10 bits per heavy atom. The van der Waals surface area contributed by atoms with Crippen LogP contribution in [0.4, 0.5) is 34.1 Å². The lowest BCUT2D eigenvalue weighted by atomic mass is 9.88. The van der Waals surface area contributed by atoms with E-state index < -0.39 is 0 Å². The Labute approximate surface area is 402 Å². The molecule has 0 radical (unpaired) electrons. The third kappa shape index (κ3) is 4.99. The normalized spacial score (nSPS) is 12.9. The van der Waals surface area contributed by atoms with E-state index in [1.807, 2.05) is 0 Å². The van der Waals surface area contributed by atoms with Crippen LogP contribution in [0.2, 0.25) is 0 Å². The van der Waals surface area contributed by atoms with Gasteiger partial charge in [0.1, 0.15) is 11.2 Å². The van der Waals surface area contributed by atoms with Gasteiger partial charge in [0.25, 0.3) is 0 Å². The van der Waals surface area contributed by atoms with E-state index in [1.54, 1.807) is 0 Å². The Morgan fingerprint density at radius 2 is 0.643 bits per heavy atom. The number of fused-ring (bicyclic) bond motifs is 12. The zero-order valence-electron chi connectivity index (χ0n) is 38.3. The fraction of sp³-hybridized carbons (Fsp3) is 0.0303. The van der Waals surface area contributed by atoms with Crippen LogP contribution in [0.15, 0.2) is 215 Å². The summed E-state index contributed by atoms with van der Waals surface area (Å²) in [4.78, 5) is 4.89. The Balaban J connectivity index is 1.00. The molecule has 2 aliphatic rings. The highest BCUT2D eigenvalue weighted by Gasteiger charge is 2.29. The fourth-order valence-corrected chi connectivity index (χ4v) is 12.4. The molecule has 0 saturated heterocycles. The molecule has 0 atom stereocenters. The second-order valence-electron chi connectivity index (χ2n) is 19.2. The molecule has 8 bridgehead atoms. The van der Waals surface area contributed by atoms with Crippen LogP contribution in [0.5, 0.6) is 0 Å². The average molecular weight is 893 g/mol. The van der Waals surface area contributed by atoms with E-state index in [-0.39, 0.29) is 0 Å². The molecule has 0 saturated carbocycles. The maximum Gasteiger partial charge on any atom is 0.159 e. The van der Waals surface area contributed by atoms with Crippen molar-refractivity contribution in [2.45, 2.75) is 13.8 Å². The van der Waals surface area contributed by atoms with Gasteiger partial charge in [0.05, 0.1) is 22.7 Å². The molecule has 326 valence electrons. The van der Waals surface area contributed by atoms with Crippen molar-refractivity contribution in [3.63, 3.8) is 0 Å². The van der Waals surface area contributed by atoms with E-state index in [0.29, 0.717) is 0 Å². The summed E-state index contributed by atoms with van der Waals surface area (Å²) in [5.41, 5.74) is 21.5. The number of anilines is 6. The van der Waals surface area contributed by atoms with Gasteiger partial charge in [0, 0.05) is 54.8 Å². The number of nitrogens with zero attached hydrogens (tertiary/aromatic N) is 2. The minimum Gasteiger partial charge on any atom is -0.453 e. The summed E-state index contributed by atoms with van der Waals surface area (Å²) in [6.45, 7) is 4.54. The molecule has 14 aromatic rings. The molecule has 0 fully saturated rings. The minimum absolute atomic E-state index is 0.868. The Hall–Kier alpha value is -9.12. The zero-order chi connectivity index (χ0) is 45.9. The summed E-state index contributed by atoms with van der Waals surface area (Å²) in [6.07, 6.45) is 0. The Morgan fingerprint density at radius 1 is 0.271 bits per heavy atom. The van der Waals surface area contributed by atoms with Crippen molar-refractivity contribution in [3.8, 4) is 44.5 Å². The highest BCUT2D eigenvalue weighted by atomic mass is 16.3. The van der Waals surface area contributed by atoms with Gasteiger partial charge in [-0.2, -0.15) is 0 Å². The molecule has 4 heteroatoms. The van der Waals surface area contributed by atoms with Crippen molar-refractivity contribution < 1.29 is 8.83 Å². The van der Waals surface area contributed by atoms with Gasteiger partial charge >= 0.3 is 0 Å². The van der Waals surface area contributed by atoms with Gasteiger partial charge in [0.2, 0.25) is 0 Å². The summed E-state index contributed by atoms with van der Waals surface area (Å²) >= 11 is 0. The smallest absolute Gasteiger partial charge is 0.159 e. The summed E-state index contributed by atoms with van der Waals surface area (Å²) in [5, 5.41) is 11.7. The lowest BCUT2D eigenvalue weighted by molar-refractivity contribution is 0.670. The van der Waals surface area contributed by atoms with Crippen LogP contribution >= 0.6 is 0 Å². The van der Waals surface area contributed by atoms with Crippen molar-refractivity contribution in [1.82, 2.24) is 0 Å². The molecule has 70 heavy (non-hydrogen) atoms. The summed E-state index contributed by atoms with van der Waals surface area (Å²) in [7, 11) is 0. The third-order valence-electron chi connectivity index (χ3n) is 15.5. The number of aryl methyl sites for hydroxylation is 2. The van der Waals surface area contributed by atoms with Crippen molar-refractivity contribution in [1.29, 1.82) is 0 Å². The van der Waals surface area contributed by atoms with Crippen LogP contribution in [0.1, 0.15) is 11.1 Å². The molecule has 0 aliphatic carbocycles. The minimum atomic E-state index is 0.868. The van der Waals surface area contributed by atoms with E-state index in [2.05, 4.69) is 230 Å². The molecular formula is C66H40N2O2. The van der Waals surface area contributed by atoms with Gasteiger partial charge in [0.15, 0.2) is 11.2 Å². The van der Waals surface area contributed by atoms with Crippen LogP contribution in [0, 0.1) is 13.8 Å². The predicted octanol–water partition coefficient (Wildman–Crippen LogP) is 19.2. The SMILES string of the molecule is Cc1cc(N2c3cccc(c3)-c3ccccc3-c3cccc4c3oc3c2cccc34)c2ccc3c(C)cc(N4c5cccc(c5)-c5ccccc5-c5cccc6c5oc5c4cccc56)c4ccc1c2c34. The molecule has 0 amide bonds. The quantitative estimate of drug-likeness (QED) is 0.162. The number of para-hydroxylation sites is 4. The van der Waals surface area contributed by atoms with E-state index >= 15 is 0 Å². The number of furan rings is 2. The Bertz CT molecular complexity index is 4300. The van der Waals surface area contributed by atoms with Crippen molar-refractivity contribution in [2.24, 2.45) is 0 Å². The van der Waals surface area contributed by atoms with Gasteiger partial charge in [-0.05, 0) is 128 Å². The standard InChI is InChI=1S/C66H40N2O2/c1-37-33-59(67-41-15-7-13-39(35-41)45-17-3-5-19-47(45)49-21-9-23-51-53-25-11-27-57(67)65(53)69-63(49)51)55-32-30-44-38(2)34-60(56-31-29-43(37)61(55)62(44)56)68-42-16-8-14-40(36-42)46-18-4-6-20-48(46)50-22-10-24-52-54-26-12-28-58(68)66(54)70-64(50)52/h3-36H,1-2H3. The molecule has 12 aromatic carbocycles. The number of hydrogen-bond donors (Lipinski definition) is 0. The third-order valence-corrected chi connectivity index (χ3v) is 15.5. The molecular weight excluding hydrogens is 853 g/mol. The first-order valence-electron chi connectivity index (χ1n) is 24.2. The maximum atomic E-state index is 7.17. The zero-order valence-corrected chi connectivity index (χ0v) is 38.3. The molecule has 0 unspecified atom stereocenters. The summed E-state index contributed by atoms with van der Waals surface area (Å²) in [6, 6.07) is 76.0. The van der Waals surface area contributed by atoms with Gasteiger partial charge in [-0.1, -0.05) is 158 Å². The average Bonchev–Trinajstić information content (AvgIpc) is 3.99. The Kier molecular flexibility index (Phi) is 7.45. The fourth-order valence-electron chi connectivity index (χ4n) is 12.4. The second kappa shape index (κ2) is 13.7. The van der Waals surface area contributed by atoms with Gasteiger partial charge in [-0.3, -0.25) is 0 Å². The first-order valence-corrected chi connectivity index (χ1v) is 24.2. The largest absolute Gasteiger partial charge is 0.453 e.